The van der Waals surface area contributed by atoms with Gasteiger partial charge in [-0.25, -0.2) is 0 Å². The maximum atomic E-state index is 13.1. The maximum absolute atomic E-state index is 13.1. The van der Waals surface area contributed by atoms with Crippen molar-refractivity contribution in [3.8, 4) is 0 Å². The summed E-state index contributed by atoms with van der Waals surface area (Å²) in [4.78, 5) is 13.1. The van der Waals surface area contributed by atoms with Crippen molar-refractivity contribution in [2.45, 2.75) is 34.6 Å². The van der Waals surface area contributed by atoms with Crippen LogP contribution in [-0.2, 0) is 0 Å². The van der Waals surface area contributed by atoms with Gasteiger partial charge in [0.25, 0.3) is 0 Å². The summed E-state index contributed by atoms with van der Waals surface area (Å²) in [5.74, 6) is 0.113. The third kappa shape index (κ3) is 2.95. The molecule has 1 nitrogen and oxygen atoms in total. The van der Waals surface area contributed by atoms with Crippen molar-refractivity contribution in [3.63, 3.8) is 0 Å². The molecule has 2 aromatic rings. The molecule has 0 aliphatic rings. The molecule has 0 unspecified atom stereocenters. The second kappa shape index (κ2) is 6.21. The Bertz CT molecular complexity index is 718. The van der Waals surface area contributed by atoms with Crippen molar-refractivity contribution in [2.75, 3.05) is 0 Å². The van der Waals surface area contributed by atoms with E-state index >= 15 is 0 Å². The van der Waals surface area contributed by atoms with E-state index < -0.39 is 0 Å². The standard InChI is InChI=1S/C18H18BrIO/c1-9-10(2)12(4)17(13(5)11(9)3)18(21)15-8-14(19)6-7-16(15)20/h6-8H,1-5H3. The van der Waals surface area contributed by atoms with Crippen LogP contribution in [0.2, 0.25) is 0 Å². The smallest absolute Gasteiger partial charge is 0.194 e. The minimum absolute atomic E-state index is 0.113. The Labute approximate surface area is 148 Å². The molecule has 0 amide bonds. The van der Waals surface area contributed by atoms with Crippen LogP contribution in [0.3, 0.4) is 0 Å². The lowest BCUT2D eigenvalue weighted by Crippen LogP contribution is -2.12. The quantitative estimate of drug-likeness (QED) is 0.410. The SMILES string of the molecule is Cc1c(C)c(C)c(C(=O)c2cc(Br)ccc2I)c(C)c1C. The first-order valence-corrected chi connectivity index (χ1v) is 8.69. The van der Waals surface area contributed by atoms with Crippen LogP contribution in [0.5, 0.6) is 0 Å². The van der Waals surface area contributed by atoms with Gasteiger partial charge in [0.1, 0.15) is 0 Å². The zero-order valence-corrected chi connectivity index (χ0v) is 16.6. The van der Waals surface area contributed by atoms with Gasteiger partial charge in [-0.15, -0.1) is 0 Å². The van der Waals surface area contributed by atoms with Crippen molar-refractivity contribution < 1.29 is 4.79 Å². The number of ketones is 1. The molecule has 3 heteroatoms. The van der Waals surface area contributed by atoms with E-state index in [4.69, 9.17) is 0 Å². The molecule has 110 valence electrons. The van der Waals surface area contributed by atoms with E-state index in [9.17, 15) is 4.79 Å². The van der Waals surface area contributed by atoms with Gasteiger partial charge in [-0.1, -0.05) is 15.9 Å². The number of benzene rings is 2. The summed E-state index contributed by atoms with van der Waals surface area (Å²) in [6.07, 6.45) is 0. The second-order valence-corrected chi connectivity index (χ2v) is 7.53. The number of hydrogen-bond acceptors (Lipinski definition) is 1. The Morgan fingerprint density at radius 3 is 1.90 bits per heavy atom. The fourth-order valence-corrected chi connectivity index (χ4v) is 3.59. The lowest BCUT2D eigenvalue weighted by Gasteiger charge is -2.18. The zero-order chi connectivity index (χ0) is 15.9. The molecule has 0 N–H and O–H groups in total. The molecule has 0 radical (unpaired) electrons. The molecule has 0 spiro atoms. The van der Waals surface area contributed by atoms with E-state index in [2.05, 4.69) is 59.3 Å². The number of hydrogen-bond donors (Lipinski definition) is 0. The highest BCUT2D eigenvalue weighted by molar-refractivity contribution is 14.1. The summed E-state index contributed by atoms with van der Waals surface area (Å²) < 4.78 is 1.91. The highest BCUT2D eigenvalue weighted by Gasteiger charge is 2.21. The molecule has 2 rings (SSSR count). The fourth-order valence-electron chi connectivity index (χ4n) is 2.65. The van der Waals surface area contributed by atoms with E-state index in [1.54, 1.807) is 0 Å². The van der Waals surface area contributed by atoms with Crippen molar-refractivity contribution >= 4 is 44.3 Å². The van der Waals surface area contributed by atoms with Crippen LogP contribution in [0.4, 0.5) is 0 Å². The number of carbonyl (C=O) groups is 1. The lowest BCUT2D eigenvalue weighted by atomic mass is 9.86. The molecule has 0 bridgehead atoms. The monoisotopic (exact) mass is 456 g/mol. The van der Waals surface area contributed by atoms with Crippen molar-refractivity contribution in [3.05, 3.63) is 65.2 Å². The first-order valence-electron chi connectivity index (χ1n) is 6.82. The molecule has 0 fully saturated rings. The van der Waals surface area contributed by atoms with E-state index in [1.165, 1.54) is 16.7 Å². The van der Waals surface area contributed by atoms with Crippen molar-refractivity contribution in [1.82, 2.24) is 0 Å². The second-order valence-electron chi connectivity index (χ2n) is 5.45. The van der Waals surface area contributed by atoms with Crippen molar-refractivity contribution in [1.29, 1.82) is 0 Å². The predicted octanol–water partition coefficient (Wildman–Crippen LogP) is 5.83. The van der Waals surface area contributed by atoms with E-state index in [-0.39, 0.29) is 5.78 Å². The van der Waals surface area contributed by atoms with Crippen LogP contribution in [0, 0.1) is 38.2 Å². The normalized spacial score (nSPS) is 10.8. The highest BCUT2D eigenvalue weighted by atomic mass is 127. The third-order valence-corrected chi connectivity index (χ3v) is 5.83. The van der Waals surface area contributed by atoms with Crippen LogP contribution in [0.1, 0.15) is 43.7 Å². The first kappa shape index (κ1) is 16.7. The average Bonchev–Trinajstić information content (AvgIpc) is 2.45. The Morgan fingerprint density at radius 2 is 1.38 bits per heavy atom. The summed E-state index contributed by atoms with van der Waals surface area (Å²) >= 11 is 5.68. The van der Waals surface area contributed by atoms with Crippen LogP contribution >= 0.6 is 38.5 Å². The van der Waals surface area contributed by atoms with Gasteiger partial charge in [-0.3, -0.25) is 4.79 Å². The zero-order valence-electron chi connectivity index (χ0n) is 12.9. The number of rotatable bonds is 2. The van der Waals surface area contributed by atoms with Gasteiger partial charge in [0.05, 0.1) is 0 Å². The molecule has 0 saturated heterocycles. The van der Waals surface area contributed by atoms with Gasteiger partial charge in [0, 0.05) is 19.2 Å². The molecule has 0 atom stereocenters. The van der Waals surface area contributed by atoms with Crippen LogP contribution in [-0.4, -0.2) is 5.78 Å². The molecular weight excluding hydrogens is 439 g/mol. The van der Waals surface area contributed by atoms with Crippen LogP contribution in [0.25, 0.3) is 0 Å². The molecule has 0 saturated carbocycles. The van der Waals surface area contributed by atoms with Crippen molar-refractivity contribution in [2.24, 2.45) is 0 Å². The molecular formula is C18H18BrIO. The van der Waals surface area contributed by atoms with E-state index in [0.29, 0.717) is 0 Å². The summed E-state index contributed by atoms with van der Waals surface area (Å²) in [7, 11) is 0. The van der Waals surface area contributed by atoms with Gasteiger partial charge < -0.3 is 0 Å². The summed E-state index contributed by atoms with van der Waals surface area (Å²) in [6.45, 7) is 10.4. The first-order chi connectivity index (χ1) is 9.75. The topological polar surface area (TPSA) is 17.1 Å². The van der Waals surface area contributed by atoms with Gasteiger partial charge in [-0.05, 0) is 103 Å². The highest BCUT2D eigenvalue weighted by Crippen LogP contribution is 2.29. The molecule has 0 aromatic heterocycles. The maximum Gasteiger partial charge on any atom is 0.194 e. The fraction of sp³-hybridized carbons (Fsp3) is 0.278. The lowest BCUT2D eigenvalue weighted by molar-refractivity contribution is 0.103. The molecule has 2 aromatic carbocycles. The van der Waals surface area contributed by atoms with E-state index in [1.807, 2.05) is 32.0 Å². The number of halogens is 2. The number of carbonyl (C=O) groups excluding carboxylic acids is 1. The Hall–Kier alpha value is -0.680. The van der Waals surface area contributed by atoms with Crippen LogP contribution in [0.15, 0.2) is 22.7 Å². The Kier molecular flexibility index (Phi) is 4.93. The minimum Gasteiger partial charge on any atom is -0.289 e. The summed E-state index contributed by atoms with van der Waals surface area (Å²) in [5.41, 5.74) is 7.52. The summed E-state index contributed by atoms with van der Waals surface area (Å²) in [6, 6.07) is 5.84. The Morgan fingerprint density at radius 1 is 0.905 bits per heavy atom. The van der Waals surface area contributed by atoms with Gasteiger partial charge >= 0.3 is 0 Å². The molecule has 21 heavy (non-hydrogen) atoms. The van der Waals surface area contributed by atoms with Gasteiger partial charge in [0.15, 0.2) is 5.78 Å². The molecule has 0 aliphatic heterocycles. The molecule has 0 heterocycles. The van der Waals surface area contributed by atoms with Crippen LogP contribution < -0.4 is 0 Å². The summed E-state index contributed by atoms with van der Waals surface area (Å²) in [5, 5.41) is 0. The van der Waals surface area contributed by atoms with Gasteiger partial charge in [0.2, 0.25) is 0 Å². The third-order valence-electron chi connectivity index (χ3n) is 4.40. The predicted molar refractivity (Wildman–Crippen MR) is 100 cm³/mol. The average molecular weight is 457 g/mol. The minimum atomic E-state index is 0.113. The largest absolute Gasteiger partial charge is 0.289 e. The van der Waals surface area contributed by atoms with E-state index in [0.717, 1.165) is 30.3 Å². The van der Waals surface area contributed by atoms with Gasteiger partial charge in [-0.2, -0.15) is 0 Å². The Balaban J connectivity index is 2.73. The molecule has 0 aliphatic carbocycles.